The number of carbonyl (C=O) groups excluding carboxylic acids is 1. The van der Waals surface area contributed by atoms with E-state index in [2.05, 4.69) is 39.3 Å². The van der Waals surface area contributed by atoms with Gasteiger partial charge >= 0.3 is 0 Å². The van der Waals surface area contributed by atoms with Gasteiger partial charge < -0.3 is 5.32 Å². The minimum absolute atomic E-state index is 0.00328. The van der Waals surface area contributed by atoms with Gasteiger partial charge in [-0.25, -0.2) is 4.98 Å². The van der Waals surface area contributed by atoms with Crippen LogP contribution < -0.4 is 5.32 Å². The van der Waals surface area contributed by atoms with Crippen molar-refractivity contribution in [3.05, 3.63) is 24.5 Å². The summed E-state index contributed by atoms with van der Waals surface area (Å²) in [6.45, 7) is 6.16. The molecule has 2 heterocycles. The van der Waals surface area contributed by atoms with Crippen LogP contribution in [0.4, 0.5) is 0 Å². The van der Waals surface area contributed by atoms with Crippen molar-refractivity contribution in [2.45, 2.75) is 32.0 Å². The van der Waals surface area contributed by atoms with E-state index in [-0.39, 0.29) is 11.9 Å². The molecule has 2 aromatic rings. The summed E-state index contributed by atoms with van der Waals surface area (Å²) in [4.78, 5) is 20.1. The molecule has 0 bridgehead atoms. The lowest BCUT2D eigenvalue weighted by molar-refractivity contribution is -0.119. The molecular formula is C14H19N5OS. The van der Waals surface area contributed by atoms with Gasteiger partial charge in [-0.1, -0.05) is 25.6 Å². The lowest BCUT2D eigenvalue weighted by atomic mass is 10.1. The van der Waals surface area contributed by atoms with Crippen LogP contribution in [0.2, 0.25) is 0 Å². The van der Waals surface area contributed by atoms with E-state index in [1.54, 1.807) is 12.4 Å². The molecule has 7 heteroatoms. The topological polar surface area (TPSA) is 83.6 Å². The van der Waals surface area contributed by atoms with Crippen LogP contribution >= 0.6 is 11.8 Å². The Hall–Kier alpha value is -1.89. The summed E-state index contributed by atoms with van der Waals surface area (Å²) >= 11 is 1.32. The van der Waals surface area contributed by atoms with Crippen LogP contribution in [-0.2, 0) is 4.79 Å². The van der Waals surface area contributed by atoms with Gasteiger partial charge in [0.1, 0.15) is 0 Å². The highest BCUT2D eigenvalue weighted by atomic mass is 32.2. The fraction of sp³-hybridized carbons (Fsp3) is 0.429. The van der Waals surface area contributed by atoms with Crippen LogP contribution in [0.15, 0.2) is 29.7 Å². The smallest absolute Gasteiger partial charge is 0.230 e. The molecule has 21 heavy (non-hydrogen) atoms. The molecule has 0 aliphatic carbocycles. The SMILES string of the molecule is CC(C)[C@H](C)NC(=O)CSc1n[nH]c(-c2ccncc2)n1. The molecule has 1 amide bonds. The predicted molar refractivity (Wildman–Crippen MR) is 82.8 cm³/mol. The van der Waals surface area contributed by atoms with E-state index in [1.807, 2.05) is 19.1 Å². The van der Waals surface area contributed by atoms with Crippen LogP contribution in [0.1, 0.15) is 20.8 Å². The molecule has 112 valence electrons. The quantitative estimate of drug-likeness (QED) is 0.799. The molecular weight excluding hydrogens is 286 g/mol. The fourth-order valence-corrected chi connectivity index (χ4v) is 2.15. The monoisotopic (exact) mass is 305 g/mol. The number of nitrogens with one attached hydrogen (secondary N) is 2. The van der Waals surface area contributed by atoms with E-state index in [9.17, 15) is 4.79 Å². The summed E-state index contributed by atoms with van der Waals surface area (Å²) in [5.74, 6) is 1.40. The average molecular weight is 305 g/mol. The van der Waals surface area contributed by atoms with Gasteiger partial charge in [-0.15, -0.1) is 5.10 Å². The molecule has 0 unspecified atom stereocenters. The first-order valence-corrected chi connectivity index (χ1v) is 7.79. The van der Waals surface area contributed by atoms with Crippen molar-refractivity contribution in [3.8, 4) is 11.4 Å². The number of carbonyl (C=O) groups is 1. The number of H-pyrrole nitrogens is 1. The van der Waals surface area contributed by atoms with Gasteiger partial charge in [-0.05, 0) is 25.0 Å². The Labute approximate surface area is 128 Å². The molecule has 0 fully saturated rings. The normalized spacial score (nSPS) is 12.4. The second-order valence-corrected chi connectivity index (χ2v) is 6.03. The number of aromatic nitrogens is 4. The van der Waals surface area contributed by atoms with E-state index in [4.69, 9.17) is 0 Å². The van der Waals surface area contributed by atoms with Gasteiger partial charge in [-0.2, -0.15) is 0 Å². The summed E-state index contributed by atoms with van der Waals surface area (Å²) < 4.78 is 0. The van der Waals surface area contributed by atoms with Crippen molar-refractivity contribution >= 4 is 17.7 Å². The molecule has 1 atom stereocenters. The molecule has 0 radical (unpaired) electrons. The molecule has 0 aliphatic rings. The number of nitrogens with zero attached hydrogens (tertiary/aromatic N) is 3. The van der Waals surface area contributed by atoms with Crippen LogP contribution in [-0.4, -0.2) is 37.9 Å². The standard InChI is InChI=1S/C14H19N5OS/c1-9(2)10(3)16-12(20)8-21-14-17-13(18-19-14)11-4-6-15-7-5-11/h4-7,9-10H,8H2,1-3H3,(H,16,20)(H,17,18,19)/t10-/m0/s1. The van der Waals surface area contributed by atoms with Gasteiger partial charge in [0.05, 0.1) is 5.75 Å². The zero-order valence-electron chi connectivity index (χ0n) is 12.3. The largest absolute Gasteiger partial charge is 0.353 e. The van der Waals surface area contributed by atoms with Crippen LogP contribution in [0, 0.1) is 5.92 Å². The van der Waals surface area contributed by atoms with Crippen molar-refractivity contribution in [1.82, 2.24) is 25.5 Å². The van der Waals surface area contributed by atoms with Gasteiger partial charge in [0, 0.05) is 24.0 Å². The fourth-order valence-electron chi connectivity index (χ4n) is 1.54. The third-order valence-electron chi connectivity index (χ3n) is 3.14. The Balaban J connectivity index is 1.87. The molecule has 0 spiro atoms. The van der Waals surface area contributed by atoms with Crippen molar-refractivity contribution < 1.29 is 4.79 Å². The molecule has 2 rings (SSSR count). The maximum atomic E-state index is 11.8. The summed E-state index contributed by atoms with van der Waals surface area (Å²) in [5.41, 5.74) is 0.919. The third kappa shape index (κ3) is 4.56. The van der Waals surface area contributed by atoms with E-state index in [0.717, 1.165) is 5.56 Å². The van der Waals surface area contributed by atoms with Gasteiger partial charge in [0.25, 0.3) is 0 Å². The predicted octanol–water partition coefficient (Wildman–Crippen LogP) is 2.12. The summed E-state index contributed by atoms with van der Waals surface area (Å²) in [5, 5.41) is 10.5. The number of thioether (sulfide) groups is 1. The number of amides is 1. The Bertz CT molecular complexity index is 584. The summed E-state index contributed by atoms with van der Waals surface area (Å²) in [7, 11) is 0. The average Bonchev–Trinajstić information content (AvgIpc) is 2.95. The van der Waals surface area contributed by atoms with Crippen LogP contribution in [0.25, 0.3) is 11.4 Å². The Morgan fingerprint density at radius 2 is 2.05 bits per heavy atom. The van der Waals surface area contributed by atoms with Crippen molar-refractivity contribution in [3.63, 3.8) is 0 Å². The second kappa shape index (κ2) is 7.21. The van der Waals surface area contributed by atoms with Crippen molar-refractivity contribution in [1.29, 1.82) is 0 Å². The molecule has 0 aliphatic heterocycles. The molecule has 2 aromatic heterocycles. The van der Waals surface area contributed by atoms with E-state index >= 15 is 0 Å². The zero-order chi connectivity index (χ0) is 15.2. The molecule has 2 N–H and O–H groups in total. The Morgan fingerprint density at radius 1 is 1.33 bits per heavy atom. The van der Waals surface area contributed by atoms with Crippen molar-refractivity contribution in [2.24, 2.45) is 5.92 Å². The highest BCUT2D eigenvalue weighted by Crippen LogP contribution is 2.18. The number of rotatable bonds is 6. The molecule has 0 saturated heterocycles. The Kier molecular flexibility index (Phi) is 5.32. The Morgan fingerprint density at radius 3 is 2.71 bits per heavy atom. The lowest BCUT2D eigenvalue weighted by Crippen LogP contribution is -2.37. The number of hydrogen-bond donors (Lipinski definition) is 2. The van der Waals surface area contributed by atoms with E-state index in [1.165, 1.54) is 11.8 Å². The third-order valence-corrected chi connectivity index (χ3v) is 3.99. The minimum Gasteiger partial charge on any atom is -0.353 e. The highest BCUT2D eigenvalue weighted by Gasteiger charge is 2.12. The van der Waals surface area contributed by atoms with Gasteiger partial charge in [0.15, 0.2) is 5.82 Å². The summed E-state index contributed by atoms with van der Waals surface area (Å²) in [6, 6.07) is 3.87. The van der Waals surface area contributed by atoms with Crippen LogP contribution in [0.3, 0.4) is 0 Å². The van der Waals surface area contributed by atoms with Gasteiger partial charge in [0.2, 0.25) is 11.1 Å². The number of aromatic amines is 1. The van der Waals surface area contributed by atoms with E-state index < -0.39 is 0 Å². The first-order valence-electron chi connectivity index (χ1n) is 6.81. The first-order chi connectivity index (χ1) is 10.1. The minimum atomic E-state index is -0.00328. The molecule has 0 saturated carbocycles. The van der Waals surface area contributed by atoms with Crippen LogP contribution in [0.5, 0.6) is 0 Å². The number of pyridine rings is 1. The second-order valence-electron chi connectivity index (χ2n) is 5.09. The molecule has 6 nitrogen and oxygen atoms in total. The lowest BCUT2D eigenvalue weighted by Gasteiger charge is -2.16. The highest BCUT2D eigenvalue weighted by molar-refractivity contribution is 7.99. The summed E-state index contributed by atoms with van der Waals surface area (Å²) in [6.07, 6.45) is 3.40. The maximum Gasteiger partial charge on any atom is 0.230 e. The van der Waals surface area contributed by atoms with Gasteiger partial charge in [-0.3, -0.25) is 14.9 Å². The van der Waals surface area contributed by atoms with Crippen molar-refractivity contribution in [2.75, 3.05) is 5.75 Å². The number of hydrogen-bond acceptors (Lipinski definition) is 5. The zero-order valence-corrected chi connectivity index (χ0v) is 13.1. The van der Waals surface area contributed by atoms with E-state index in [0.29, 0.717) is 22.7 Å². The first kappa shape index (κ1) is 15.5. The molecule has 0 aromatic carbocycles. The maximum absolute atomic E-state index is 11.8.